The Morgan fingerprint density at radius 2 is 1.95 bits per heavy atom. The van der Waals surface area contributed by atoms with Crippen LogP contribution < -0.4 is 10.1 Å². The molecule has 21 heavy (non-hydrogen) atoms. The summed E-state index contributed by atoms with van der Waals surface area (Å²) in [6.45, 7) is 5.80. The molecule has 1 aliphatic heterocycles. The summed E-state index contributed by atoms with van der Waals surface area (Å²) < 4.78 is 5.87. The monoisotopic (exact) mass is 301 g/mol. The van der Waals surface area contributed by atoms with Crippen molar-refractivity contribution in [2.75, 3.05) is 13.2 Å². The van der Waals surface area contributed by atoms with E-state index in [9.17, 15) is 0 Å². The van der Waals surface area contributed by atoms with Crippen molar-refractivity contribution in [3.63, 3.8) is 0 Å². The summed E-state index contributed by atoms with van der Waals surface area (Å²) in [7, 11) is 0. The Morgan fingerprint density at radius 3 is 2.76 bits per heavy atom. The number of fused-ring (bicyclic) bond motifs is 1. The topological polar surface area (TPSA) is 21.3 Å². The zero-order valence-corrected chi connectivity index (χ0v) is 13.2. The van der Waals surface area contributed by atoms with Gasteiger partial charge in [0.25, 0.3) is 0 Å². The minimum atomic E-state index is 0.0652. The molecule has 3 heteroatoms. The van der Waals surface area contributed by atoms with Crippen LogP contribution in [0, 0.1) is 6.92 Å². The Balaban J connectivity index is 2.11. The van der Waals surface area contributed by atoms with Crippen LogP contribution in [0.25, 0.3) is 0 Å². The van der Waals surface area contributed by atoms with E-state index in [1.807, 2.05) is 13.0 Å². The van der Waals surface area contributed by atoms with Crippen LogP contribution in [0.1, 0.15) is 35.2 Å². The third-order valence-electron chi connectivity index (χ3n) is 4.00. The largest absolute Gasteiger partial charge is 0.493 e. The highest BCUT2D eigenvalue weighted by Gasteiger charge is 2.24. The molecule has 0 radical (unpaired) electrons. The van der Waals surface area contributed by atoms with Crippen LogP contribution >= 0.6 is 11.6 Å². The van der Waals surface area contributed by atoms with Crippen LogP contribution in [-0.4, -0.2) is 13.2 Å². The lowest BCUT2D eigenvalue weighted by Crippen LogP contribution is -2.23. The van der Waals surface area contributed by atoms with Gasteiger partial charge in [-0.25, -0.2) is 0 Å². The van der Waals surface area contributed by atoms with E-state index in [1.54, 1.807) is 0 Å². The highest BCUT2D eigenvalue weighted by atomic mass is 35.5. The van der Waals surface area contributed by atoms with Gasteiger partial charge in [-0.05, 0) is 30.2 Å². The van der Waals surface area contributed by atoms with E-state index in [2.05, 4.69) is 42.6 Å². The third-order valence-corrected chi connectivity index (χ3v) is 4.51. The van der Waals surface area contributed by atoms with Crippen molar-refractivity contribution < 1.29 is 4.74 Å². The lowest BCUT2D eigenvalue weighted by atomic mass is 9.94. The predicted octanol–water partition coefficient (Wildman–Crippen LogP) is 4.28. The molecule has 0 aliphatic carbocycles. The Morgan fingerprint density at radius 1 is 1.19 bits per heavy atom. The normalized spacial score (nSPS) is 14.6. The predicted molar refractivity (Wildman–Crippen MR) is 87.3 cm³/mol. The highest BCUT2D eigenvalue weighted by molar-refractivity contribution is 6.32. The maximum atomic E-state index is 6.54. The quantitative estimate of drug-likeness (QED) is 0.910. The lowest BCUT2D eigenvalue weighted by Gasteiger charge is -2.23. The summed E-state index contributed by atoms with van der Waals surface area (Å²) in [5.74, 6) is 1.03. The minimum Gasteiger partial charge on any atom is -0.493 e. The van der Waals surface area contributed by atoms with Gasteiger partial charge in [-0.15, -0.1) is 0 Å². The standard InChI is InChI=1S/C18H20ClNO/c1-3-20-17(14-8-4-6-12(2)16(14)19)15-9-5-7-13-10-11-21-18(13)15/h4-9,17,20H,3,10-11H2,1-2H3. The fourth-order valence-electron chi connectivity index (χ4n) is 2.95. The van der Waals surface area contributed by atoms with Crippen LogP contribution in [0.2, 0.25) is 5.02 Å². The molecule has 0 aromatic heterocycles. The first-order valence-electron chi connectivity index (χ1n) is 7.45. The molecule has 1 aliphatic rings. The third kappa shape index (κ3) is 2.66. The summed E-state index contributed by atoms with van der Waals surface area (Å²) in [6.07, 6.45) is 0.990. The van der Waals surface area contributed by atoms with Gasteiger partial charge in [0.15, 0.2) is 0 Å². The maximum absolute atomic E-state index is 6.54. The fraction of sp³-hybridized carbons (Fsp3) is 0.333. The van der Waals surface area contributed by atoms with Crippen LogP contribution in [0.15, 0.2) is 36.4 Å². The van der Waals surface area contributed by atoms with Gasteiger partial charge >= 0.3 is 0 Å². The number of halogens is 1. The van der Waals surface area contributed by atoms with Gasteiger partial charge in [0.05, 0.1) is 12.6 Å². The molecule has 2 aromatic rings. The molecule has 1 atom stereocenters. The maximum Gasteiger partial charge on any atom is 0.127 e. The molecule has 0 fully saturated rings. The minimum absolute atomic E-state index is 0.0652. The van der Waals surface area contributed by atoms with Crippen molar-refractivity contribution in [3.8, 4) is 5.75 Å². The molecule has 0 amide bonds. The van der Waals surface area contributed by atoms with Crippen molar-refractivity contribution in [2.24, 2.45) is 0 Å². The van der Waals surface area contributed by atoms with Gasteiger partial charge in [-0.2, -0.15) is 0 Å². The summed E-state index contributed by atoms with van der Waals surface area (Å²) in [5.41, 5.74) is 4.69. The number of nitrogens with one attached hydrogen (secondary N) is 1. The number of ether oxygens (including phenoxy) is 1. The van der Waals surface area contributed by atoms with Gasteiger partial charge in [0, 0.05) is 17.0 Å². The number of hydrogen-bond acceptors (Lipinski definition) is 2. The number of aryl methyl sites for hydroxylation is 1. The first kappa shape index (κ1) is 14.4. The molecule has 1 heterocycles. The van der Waals surface area contributed by atoms with Crippen LogP contribution in [0.3, 0.4) is 0 Å². The number of rotatable bonds is 4. The Labute approximate surface area is 131 Å². The second-order valence-electron chi connectivity index (χ2n) is 5.40. The Kier molecular flexibility index (Phi) is 4.18. The van der Waals surface area contributed by atoms with E-state index in [0.29, 0.717) is 0 Å². The molecule has 110 valence electrons. The van der Waals surface area contributed by atoms with Crippen molar-refractivity contribution in [2.45, 2.75) is 26.3 Å². The summed E-state index contributed by atoms with van der Waals surface area (Å²) >= 11 is 6.54. The molecular formula is C18H20ClNO. The van der Waals surface area contributed by atoms with Crippen molar-refractivity contribution in [1.29, 1.82) is 0 Å². The van der Waals surface area contributed by atoms with E-state index in [4.69, 9.17) is 16.3 Å². The van der Waals surface area contributed by atoms with Crippen molar-refractivity contribution >= 4 is 11.6 Å². The first-order chi connectivity index (χ1) is 10.2. The molecule has 2 aromatic carbocycles. The summed E-state index contributed by atoms with van der Waals surface area (Å²) in [6, 6.07) is 12.7. The van der Waals surface area contributed by atoms with E-state index >= 15 is 0 Å². The van der Waals surface area contributed by atoms with E-state index < -0.39 is 0 Å². The number of benzene rings is 2. The van der Waals surface area contributed by atoms with Crippen LogP contribution in [0.5, 0.6) is 5.75 Å². The lowest BCUT2D eigenvalue weighted by molar-refractivity contribution is 0.350. The molecular weight excluding hydrogens is 282 g/mol. The molecule has 2 nitrogen and oxygen atoms in total. The second-order valence-corrected chi connectivity index (χ2v) is 5.78. The molecule has 1 N–H and O–H groups in total. The average molecular weight is 302 g/mol. The number of hydrogen-bond donors (Lipinski definition) is 1. The smallest absolute Gasteiger partial charge is 0.127 e. The SMILES string of the molecule is CCNC(c1cccc(C)c1Cl)c1cccc2c1OCC2. The molecule has 1 unspecified atom stereocenters. The van der Waals surface area contributed by atoms with Crippen molar-refractivity contribution in [1.82, 2.24) is 5.32 Å². The Bertz CT molecular complexity index is 654. The van der Waals surface area contributed by atoms with Gasteiger partial charge in [0.1, 0.15) is 5.75 Å². The molecule has 0 bridgehead atoms. The van der Waals surface area contributed by atoms with Gasteiger partial charge in [-0.1, -0.05) is 54.9 Å². The number of para-hydroxylation sites is 1. The fourth-order valence-corrected chi connectivity index (χ4v) is 3.19. The first-order valence-corrected chi connectivity index (χ1v) is 7.83. The van der Waals surface area contributed by atoms with Crippen LogP contribution in [0.4, 0.5) is 0 Å². The van der Waals surface area contributed by atoms with Crippen molar-refractivity contribution in [3.05, 3.63) is 63.7 Å². The highest BCUT2D eigenvalue weighted by Crippen LogP contribution is 2.38. The van der Waals surface area contributed by atoms with Gasteiger partial charge in [-0.3, -0.25) is 0 Å². The zero-order chi connectivity index (χ0) is 14.8. The van der Waals surface area contributed by atoms with Gasteiger partial charge in [0.2, 0.25) is 0 Å². The van der Waals surface area contributed by atoms with Gasteiger partial charge < -0.3 is 10.1 Å². The summed E-state index contributed by atoms with van der Waals surface area (Å²) in [4.78, 5) is 0. The molecule has 0 saturated carbocycles. The molecule has 0 saturated heterocycles. The van der Waals surface area contributed by atoms with E-state index in [1.165, 1.54) is 11.1 Å². The summed E-state index contributed by atoms with van der Waals surface area (Å²) in [5, 5.41) is 4.38. The van der Waals surface area contributed by atoms with E-state index in [-0.39, 0.29) is 6.04 Å². The average Bonchev–Trinajstić information content (AvgIpc) is 2.97. The molecule has 3 rings (SSSR count). The Hall–Kier alpha value is -1.51. The van der Waals surface area contributed by atoms with Crippen LogP contribution in [-0.2, 0) is 6.42 Å². The second kappa shape index (κ2) is 6.08. The van der Waals surface area contributed by atoms with E-state index in [0.717, 1.165) is 41.5 Å². The molecule has 0 spiro atoms. The zero-order valence-electron chi connectivity index (χ0n) is 12.4.